The molecule has 6 rings (SSSR count). The number of phenolic OH excluding ortho intramolecular Hbond substituents is 1. The highest BCUT2D eigenvalue weighted by molar-refractivity contribution is 5.47. The van der Waals surface area contributed by atoms with Gasteiger partial charge in [0.15, 0.2) is 0 Å². The van der Waals surface area contributed by atoms with E-state index in [-0.39, 0.29) is 17.6 Å². The largest absolute Gasteiger partial charge is 0.508 e. The van der Waals surface area contributed by atoms with Gasteiger partial charge in [-0.25, -0.2) is 0 Å². The summed E-state index contributed by atoms with van der Waals surface area (Å²) in [6.07, 6.45) is 4.69. The Hall–Kier alpha value is -2.28. The van der Waals surface area contributed by atoms with Crippen molar-refractivity contribution in [3.8, 4) is 11.5 Å². The van der Waals surface area contributed by atoms with E-state index in [1.165, 1.54) is 11.1 Å². The number of morpholine rings is 1. The molecule has 2 aromatic carbocycles. The van der Waals surface area contributed by atoms with Crippen molar-refractivity contribution in [1.29, 1.82) is 0 Å². The van der Waals surface area contributed by atoms with Crippen LogP contribution in [0.2, 0.25) is 0 Å². The Morgan fingerprint density at radius 2 is 1.89 bits per heavy atom. The summed E-state index contributed by atoms with van der Waals surface area (Å²) in [6.45, 7) is 7.90. The van der Waals surface area contributed by atoms with E-state index >= 15 is 0 Å². The quantitative estimate of drug-likeness (QED) is 0.555. The van der Waals surface area contributed by atoms with E-state index in [9.17, 15) is 10.2 Å². The second kappa shape index (κ2) is 9.88. The molecule has 3 aliphatic carbocycles. The fraction of sp³-hybridized carbons (Fsp3) is 0.600. The first-order chi connectivity index (χ1) is 17.5. The number of aliphatic hydroxyl groups excluding tert-OH is 1. The predicted molar refractivity (Wildman–Crippen MR) is 141 cm³/mol. The number of nitrogens with zero attached hydrogens (tertiary/aromatic N) is 1. The maximum Gasteiger partial charge on any atom is 0.119 e. The van der Waals surface area contributed by atoms with Crippen molar-refractivity contribution in [2.45, 2.75) is 57.2 Å². The summed E-state index contributed by atoms with van der Waals surface area (Å²) in [4.78, 5) is 2.43. The van der Waals surface area contributed by atoms with Gasteiger partial charge in [0.25, 0.3) is 0 Å². The predicted octanol–water partition coefficient (Wildman–Crippen LogP) is 4.41. The van der Waals surface area contributed by atoms with E-state index in [1.54, 1.807) is 0 Å². The van der Waals surface area contributed by atoms with Crippen molar-refractivity contribution in [2.24, 2.45) is 17.3 Å². The van der Waals surface area contributed by atoms with Crippen LogP contribution in [0.25, 0.3) is 0 Å². The monoisotopic (exact) mass is 492 g/mol. The van der Waals surface area contributed by atoms with Gasteiger partial charge in [0, 0.05) is 43.2 Å². The Bertz CT molecular complexity index is 1050. The third-order valence-corrected chi connectivity index (χ3v) is 9.61. The molecule has 3 N–H and O–H groups in total. The molecule has 0 unspecified atom stereocenters. The lowest BCUT2D eigenvalue weighted by molar-refractivity contribution is -0.0716. The number of anilines is 1. The number of aliphatic hydroxyl groups is 1. The lowest BCUT2D eigenvalue weighted by Gasteiger charge is -2.53. The average Bonchev–Trinajstić information content (AvgIpc) is 3.19. The van der Waals surface area contributed by atoms with Crippen LogP contribution in [0.3, 0.4) is 0 Å². The molecule has 6 nitrogen and oxygen atoms in total. The summed E-state index contributed by atoms with van der Waals surface area (Å²) >= 11 is 0. The zero-order valence-electron chi connectivity index (χ0n) is 21.4. The zero-order valence-corrected chi connectivity index (χ0v) is 21.4. The number of fused-ring (bicyclic) bond motifs is 5. The Morgan fingerprint density at radius 3 is 2.69 bits per heavy atom. The molecule has 6 atom stereocenters. The van der Waals surface area contributed by atoms with Crippen LogP contribution in [0.15, 0.2) is 42.5 Å². The number of phenols is 1. The van der Waals surface area contributed by atoms with E-state index in [4.69, 9.17) is 9.47 Å². The van der Waals surface area contributed by atoms with Crippen LogP contribution in [0.5, 0.6) is 11.5 Å². The first-order valence-corrected chi connectivity index (χ1v) is 13.8. The highest BCUT2D eigenvalue weighted by atomic mass is 16.5. The number of aromatic hydroxyl groups is 1. The Kier molecular flexibility index (Phi) is 6.61. The number of benzene rings is 2. The van der Waals surface area contributed by atoms with Crippen LogP contribution in [-0.4, -0.2) is 66.7 Å². The van der Waals surface area contributed by atoms with Crippen LogP contribution in [0.4, 0.5) is 5.69 Å². The van der Waals surface area contributed by atoms with Gasteiger partial charge in [-0.15, -0.1) is 0 Å². The molecule has 0 aromatic heterocycles. The number of rotatable bonds is 6. The summed E-state index contributed by atoms with van der Waals surface area (Å²) in [5, 5.41) is 24.6. The third kappa shape index (κ3) is 4.48. The molecule has 4 aliphatic rings. The lowest BCUT2D eigenvalue weighted by atomic mass is 9.54. The highest BCUT2D eigenvalue weighted by Crippen LogP contribution is 2.61. The maximum atomic E-state index is 11.0. The molecule has 1 heterocycles. The van der Waals surface area contributed by atoms with Crippen LogP contribution in [0, 0.1) is 17.3 Å². The van der Waals surface area contributed by atoms with Gasteiger partial charge in [-0.1, -0.05) is 13.0 Å². The Labute approximate surface area is 214 Å². The van der Waals surface area contributed by atoms with E-state index in [1.807, 2.05) is 12.1 Å². The van der Waals surface area contributed by atoms with Crippen molar-refractivity contribution >= 4 is 5.69 Å². The Balaban J connectivity index is 1.18. The number of hydrogen-bond acceptors (Lipinski definition) is 6. The molecule has 6 heteroatoms. The summed E-state index contributed by atoms with van der Waals surface area (Å²) < 4.78 is 12.2. The fourth-order valence-electron chi connectivity index (χ4n) is 7.71. The molecular weight excluding hydrogens is 452 g/mol. The molecule has 2 aromatic rings. The molecule has 0 radical (unpaired) electrons. The van der Waals surface area contributed by atoms with Crippen molar-refractivity contribution in [1.82, 2.24) is 4.90 Å². The standard InChI is InChI=1S/C30H40N2O4/c1-30-19-27(36-23-6-3-21(4-7-23)31-12-13-32-14-16-35-17-15-32)29-24-9-5-22(33)18-20(24)2-8-25(29)26(30)10-11-28(30)34/h3-7,9,18,25-29,31,33-34H,2,8,10-17,19H2,1H3/t25-,26-,27-,28-,29+,30-/m0/s1. The zero-order chi connectivity index (χ0) is 24.7. The summed E-state index contributed by atoms with van der Waals surface area (Å²) in [7, 11) is 0. The minimum atomic E-state index is -0.256. The molecule has 0 bridgehead atoms. The van der Waals surface area contributed by atoms with Gasteiger partial charge in [-0.2, -0.15) is 0 Å². The van der Waals surface area contributed by atoms with Gasteiger partial charge in [-0.05, 0) is 91.5 Å². The molecule has 1 aliphatic heterocycles. The van der Waals surface area contributed by atoms with Gasteiger partial charge >= 0.3 is 0 Å². The molecule has 194 valence electrons. The minimum absolute atomic E-state index is 0.00715. The second-order valence-electron chi connectivity index (χ2n) is 11.6. The normalized spacial score (nSPS) is 33.9. The van der Waals surface area contributed by atoms with Crippen LogP contribution >= 0.6 is 0 Å². The van der Waals surface area contributed by atoms with Gasteiger partial charge in [0.1, 0.15) is 17.6 Å². The third-order valence-electron chi connectivity index (χ3n) is 9.61. The molecule has 3 fully saturated rings. The number of hydrogen-bond donors (Lipinski definition) is 3. The van der Waals surface area contributed by atoms with Crippen LogP contribution < -0.4 is 10.1 Å². The number of ether oxygens (including phenoxy) is 2. The maximum absolute atomic E-state index is 11.0. The SMILES string of the molecule is C[C@]12C[C@H](Oc3ccc(NCCN4CCOCC4)cc3)[C@@H]3c4ccc(O)cc4CC[C@H]3[C@@H]1CC[C@@H]2O. The molecule has 2 saturated carbocycles. The molecule has 0 amide bonds. The molecule has 0 spiro atoms. The number of aryl methyl sites for hydroxylation is 1. The van der Waals surface area contributed by atoms with Gasteiger partial charge < -0.3 is 25.0 Å². The van der Waals surface area contributed by atoms with Gasteiger partial charge in [-0.3, -0.25) is 4.90 Å². The fourth-order valence-corrected chi connectivity index (χ4v) is 7.71. The van der Waals surface area contributed by atoms with Crippen LogP contribution in [0.1, 0.15) is 49.7 Å². The molecular formula is C30H40N2O4. The van der Waals surface area contributed by atoms with Gasteiger partial charge in [0.2, 0.25) is 0 Å². The molecule has 36 heavy (non-hydrogen) atoms. The highest BCUT2D eigenvalue weighted by Gasteiger charge is 2.58. The van der Waals surface area contributed by atoms with E-state index < -0.39 is 0 Å². The van der Waals surface area contributed by atoms with Crippen LogP contribution in [-0.2, 0) is 11.2 Å². The topological polar surface area (TPSA) is 74.2 Å². The van der Waals surface area contributed by atoms with E-state index in [0.717, 1.165) is 82.9 Å². The number of nitrogens with one attached hydrogen (secondary N) is 1. The first-order valence-electron chi connectivity index (χ1n) is 13.8. The summed E-state index contributed by atoms with van der Waals surface area (Å²) in [5.41, 5.74) is 3.60. The lowest BCUT2D eigenvalue weighted by Crippen LogP contribution is -2.51. The Morgan fingerprint density at radius 1 is 1.08 bits per heavy atom. The van der Waals surface area contributed by atoms with Crippen molar-refractivity contribution in [3.63, 3.8) is 0 Å². The van der Waals surface area contributed by atoms with Crippen molar-refractivity contribution in [2.75, 3.05) is 44.7 Å². The average molecular weight is 493 g/mol. The van der Waals surface area contributed by atoms with Crippen molar-refractivity contribution < 1.29 is 19.7 Å². The van der Waals surface area contributed by atoms with Gasteiger partial charge in [0.05, 0.1) is 19.3 Å². The minimum Gasteiger partial charge on any atom is -0.508 e. The van der Waals surface area contributed by atoms with E-state index in [0.29, 0.717) is 23.5 Å². The summed E-state index contributed by atoms with van der Waals surface area (Å²) in [6, 6.07) is 14.3. The van der Waals surface area contributed by atoms with Crippen molar-refractivity contribution in [3.05, 3.63) is 53.6 Å². The summed E-state index contributed by atoms with van der Waals surface area (Å²) in [5.74, 6) is 2.56. The second-order valence-corrected chi connectivity index (χ2v) is 11.6. The molecule has 1 saturated heterocycles. The first kappa shape index (κ1) is 24.1. The van der Waals surface area contributed by atoms with E-state index in [2.05, 4.69) is 47.5 Å². The smallest absolute Gasteiger partial charge is 0.119 e.